The molecule has 0 aliphatic rings. The monoisotopic (exact) mass is 383 g/mol. The molecule has 0 aliphatic heterocycles. The Morgan fingerprint density at radius 2 is 1.46 bits per heavy atom. The van der Waals surface area contributed by atoms with Crippen molar-refractivity contribution in [1.29, 1.82) is 0 Å². The van der Waals surface area contributed by atoms with Crippen LogP contribution in [0.4, 0.5) is 36.4 Å². The Morgan fingerprint density at radius 1 is 0.923 bits per heavy atom. The fraction of sp³-hybridized carbons (Fsp3) is 0.200. The molecule has 4 nitrogen and oxygen atoms in total. The maximum Gasteiger partial charge on any atom is 0.416 e. The van der Waals surface area contributed by atoms with Crippen LogP contribution in [0.3, 0.4) is 0 Å². The number of benzene rings is 2. The highest BCUT2D eigenvalue weighted by Crippen LogP contribution is 2.36. The van der Waals surface area contributed by atoms with Crippen molar-refractivity contribution < 1.29 is 40.4 Å². The lowest BCUT2D eigenvalue weighted by atomic mass is 10.1. The summed E-state index contributed by atoms with van der Waals surface area (Å²) in [6, 6.07) is 3.25. The maximum atomic E-state index is 13.4. The third kappa shape index (κ3) is 4.61. The van der Waals surface area contributed by atoms with Gasteiger partial charge in [-0.25, -0.2) is 0 Å². The average Bonchev–Trinajstić information content (AvgIpc) is 2.50. The highest BCUT2D eigenvalue weighted by molar-refractivity contribution is 5.38. The van der Waals surface area contributed by atoms with E-state index in [2.05, 4.69) is 0 Å². The van der Waals surface area contributed by atoms with Gasteiger partial charge in [-0.15, -0.1) is 0 Å². The number of nitro groups is 1. The van der Waals surface area contributed by atoms with Crippen molar-refractivity contribution in [3.8, 4) is 5.75 Å². The molecular weight excluding hydrogens is 375 g/mol. The van der Waals surface area contributed by atoms with Crippen LogP contribution in [0.2, 0.25) is 0 Å². The van der Waals surface area contributed by atoms with Gasteiger partial charge in [0.2, 0.25) is 5.82 Å². The maximum absolute atomic E-state index is 13.4. The van der Waals surface area contributed by atoms with Crippen molar-refractivity contribution >= 4 is 5.69 Å². The molecule has 0 amide bonds. The van der Waals surface area contributed by atoms with Crippen LogP contribution in [0.5, 0.6) is 5.75 Å². The molecule has 11 heteroatoms. The van der Waals surface area contributed by atoms with E-state index < -0.39 is 52.1 Å². The molecule has 0 spiro atoms. The third-order valence-corrected chi connectivity index (χ3v) is 3.17. The standard InChI is InChI=1S/C15H8F7NO3/c16-12-6-11(1-2-13(12)23(24)25)26-7-8-3-9(14(17,18)19)5-10(4-8)15(20,21)22/h1-6H,7H2. The molecule has 0 aromatic heterocycles. The molecule has 0 saturated heterocycles. The first-order chi connectivity index (χ1) is 11.9. The van der Waals surface area contributed by atoms with Crippen molar-refractivity contribution in [3.05, 3.63) is 69.0 Å². The molecule has 0 aliphatic carbocycles. The normalized spacial score (nSPS) is 12.1. The van der Waals surface area contributed by atoms with Crippen LogP contribution in [-0.2, 0) is 19.0 Å². The SMILES string of the molecule is O=[N+]([O-])c1ccc(OCc2cc(C(F)(F)F)cc(C(F)(F)F)c2)cc1F. The molecular formula is C15H8F7NO3. The molecule has 0 heterocycles. The molecule has 26 heavy (non-hydrogen) atoms. The lowest BCUT2D eigenvalue weighted by Crippen LogP contribution is -2.12. The van der Waals surface area contributed by atoms with Gasteiger partial charge in [0, 0.05) is 12.1 Å². The summed E-state index contributed by atoms with van der Waals surface area (Å²) < 4.78 is 94.9. The van der Waals surface area contributed by atoms with Crippen LogP contribution in [0.15, 0.2) is 36.4 Å². The molecule has 0 unspecified atom stereocenters. The minimum absolute atomic E-state index is 0.0327. The number of ether oxygens (including phenoxy) is 1. The van der Waals surface area contributed by atoms with E-state index in [4.69, 9.17) is 4.74 Å². The Morgan fingerprint density at radius 3 is 1.88 bits per heavy atom. The summed E-state index contributed by atoms with van der Waals surface area (Å²) >= 11 is 0. The Labute approximate surface area is 141 Å². The van der Waals surface area contributed by atoms with E-state index in [9.17, 15) is 40.8 Å². The molecule has 0 N–H and O–H groups in total. The second-order valence-corrected chi connectivity index (χ2v) is 5.07. The van der Waals surface area contributed by atoms with E-state index in [1.165, 1.54) is 0 Å². The van der Waals surface area contributed by atoms with Gasteiger partial charge >= 0.3 is 18.0 Å². The fourth-order valence-corrected chi connectivity index (χ4v) is 1.99. The van der Waals surface area contributed by atoms with Crippen molar-refractivity contribution in [3.63, 3.8) is 0 Å². The van der Waals surface area contributed by atoms with Crippen molar-refractivity contribution in [2.24, 2.45) is 0 Å². The predicted molar refractivity (Wildman–Crippen MR) is 73.8 cm³/mol. The van der Waals surface area contributed by atoms with Crippen LogP contribution in [-0.4, -0.2) is 4.92 Å². The molecule has 0 fully saturated rings. The van der Waals surface area contributed by atoms with Crippen LogP contribution >= 0.6 is 0 Å². The molecule has 2 rings (SSSR count). The average molecular weight is 383 g/mol. The highest BCUT2D eigenvalue weighted by Gasteiger charge is 2.36. The number of nitro benzene ring substituents is 1. The zero-order valence-corrected chi connectivity index (χ0v) is 12.5. The summed E-state index contributed by atoms with van der Waals surface area (Å²) in [4.78, 5) is 9.49. The fourth-order valence-electron chi connectivity index (χ4n) is 1.99. The second kappa shape index (κ2) is 6.81. The summed E-state index contributed by atoms with van der Waals surface area (Å²) in [6.45, 7) is -0.732. The van der Waals surface area contributed by atoms with Gasteiger partial charge in [-0.2, -0.15) is 30.7 Å². The topological polar surface area (TPSA) is 52.4 Å². The highest BCUT2D eigenvalue weighted by atomic mass is 19.4. The van der Waals surface area contributed by atoms with Crippen molar-refractivity contribution in [2.45, 2.75) is 19.0 Å². The summed E-state index contributed by atoms with van der Waals surface area (Å²) in [5, 5.41) is 10.5. The van der Waals surface area contributed by atoms with Crippen molar-refractivity contribution in [2.75, 3.05) is 0 Å². The number of halogens is 7. The molecule has 2 aromatic carbocycles. The first-order valence-corrected chi connectivity index (χ1v) is 6.73. The van der Waals surface area contributed by atoms with Crippen molar-refractivity contribution in [1.82, 2.24) is 0 Å². The van der Waals surface area contributed by atoms with Gasteiger partial charge in [0.25, 0.3) is 0 Å². The quantitative estimate of drug-likeness (QED) is 0.406. The van der Waals surface area contributed by atoms with Gasteiger partial charge < -0.3 is 4.74 Å². The van der Waals surface area contributed by atoms with E-state index >= 15 is 0 Å². The van der Waals surface area contributed by atoms with Crippen LogP contribution in [0.1, 0.15) is 16.7 Å². The second-order valence-electron chi connectivity index (χ2n) is 5.07. The van der Waals surface area contributed by atoms with Crippen LogP contribution in [0.25, 0.3) is 0 Å². The zero-order chi connectivity index (χ0) is 19.7. The molecule has 140 valence electrons. The number of hydrogen-bond donors (Lipinski definition) is 0. The van der Waals surface area contributed by atoms with Gasteiger partial charge in [0.05, 0.1) is 16.1 Å². The Kier molecular flexibility index (Phi) is 5.10. The molecule has 0 atom stereocenters. The Bertz CT molecular complexity index is 799. The molecule has 0 saturated carbocycles. The summed E-state index contributed by atoms with van der Waals surface area (Å²) in [6.07, 6.45) is -10.0. The Hall–Kier alpha value is -2.85. The number of rotatable bonds is 4. The van der Waals surface area contributed by atoms with Gasteiger partial charge in [-0.05, 0) is 29.8 Å². The largest absolute Gasteiger partial charge is 0.489 e. The van der Waals surface area contributed by atoms with E-state index in [0.29, 0.717) is 18.2 Å². The molecule has 0 radical (unpaired) electrons. The minimum Gasteiger partial charge on any atom is -0.489 e. The number of alkyl halides is 6. The lowest BCUT2D eigenvalue weighted by Gasteiger charge is -2.14. The molecule has 0 bridgehead atoms. The van der Waals surface area contributed by atoms with E-state index in [0.717, 1.165) is 12.1 Å². The van der Waals surface area contributed by atoms with Gasteiger partial charge in [0.15, 0.2) is 0 Å². The predicted octanol–water partition coefficient (Wildman–Crippen LogP) is 5.35. The minimum atomic E-state index is -5.00. The smallest absolute Gasteiger partial charge is 0.416 e. The van der Waals surface area contributed by atoms with Crippen LogP contribution in [0, 0.1) is 15.9 Å². The number of hydrogen-bond acceptors (Lipinski definition) is 3. The first kappa shape index (κ1) is 19.5. The van der Waals surface area contributed by atoms with E-state index in [1.807, 2.05) is 0 Å². The molecule has 2 aromatic rings. The summed E-state index contributed by atoms with van der Waals surface area (Å²) in [5.41, 5.74) is -4.33. The Balaban J connectivity index is 2.29. The van der Waals surface area contributed by atoms with E-state index in [-0.39, 0.29) is 11.8 Å². The van der Waals surface area contributed by atoms with Gasteiger partial charge in [0.1, 0.15) is 12.4 Å². The van der Waals surface area contributed by atoms with Gasteiger partial charge in [-0.3, -0.25) is 10.1 Å². The van der Waals surface area contributed by atoms with Gasteiger partial charge in [-0.1, -0.05) is 0 Å². The number of nitrogens with zero attached hydrogens (tertiary/aromatic N) is 1. The first-order valence-electron chi connectivity index (χ1n) is 6.73. The summed E-state index contributed by atoms with van der Waals surface area (Å²) in [5.74, 6) is -1.55. The zero-order valence-electron chi connectivity index (χ0n) is 12.5. The third-order valence-electron chi connectivity index (χ3n) is 3.17. The lowest BCUT2D eigenvalue weighted by molar-refractivity contribution is -0.387. The summed E-state index contributed by atoms with van der Waals surface area (Å²) in [7, 11) is 0. The van der Waals surface area contributed by atoms with Crippen LogP contribution < -0.4 is 4.74 Å². The van der Waals surface area contributed by atoms with E-state index in [1.54, 1.807) is 0 Å².